The number of carbonyl (C=O) groups is 3. The van der Waals surface area contributed by atoms with Crippen LogP contribution in [0.2, 0.25) is 0 Å². The molecule has 0 rings (SSSR count). The zero-order chi connectivity index (χ0) is 11.4. The number of rotatable bonds is 6. The molecular formula is C6H9AlO7Zn. The van der Waals surface area contributed by atoms with Gasteiger partial charge in [-0.15, -0.1) is 0 Å². The number of carboxylic acids is 3. The third-order valence-corrected chi connectivity index (χ3v) is 2.44. The van der Waals surface area contributed by atoms with Gasteiger partial charge >= 0.3 is 34.5 Å². The zero-order valence-corrected chi connectivity index (χ0v) is 13.1. The fraction of sp³-hybridized carbons (Fsp3) is 0.500. The summed E-state index contributed by atoms with van der Waals surface area (Å²) in [6.45, 7) is 0. The molecule has 0 aromatic heterocycles. The molecular weight excluding hydrogens is 276 g/mol. The summed E-state index contributed by atoms with van der Waals surface area (Å²) in [6.07, 6.45) is -1.73. The van der Waals surface area contributed by atoms with E-state index in [1.807, 2.05) is 0 Å². The van der Waals surface area contributed by atoms with Crippen molar-refractivity contribution >= 4 is 34.5 Å². The van der Waals surface area contributed by atoms with Gasteiger partial charge in [-0.2, -0.15) is 0 Å². The molecule has 0 aromatic rings. The van der Waals surface area contributed by atoms with E-state index in [0.717, 1.165) is 0 Å². The minimum Gasteiger partial charge on any atom is -0.493 e. The fourth-order valence-corrected chi connectivity index (χ4v) is 1.40. The van der Waals surface area contributed by atoms with Crippen LogP contribution in [0.15, 0.2) is 0 Å². The molecule has 15 heavy (non-hydrogen) atoms. The van der Waals surface area contributed by atoms with E-state index in [1.165, 1.54) is 0 Å². The number of aliphatic carboxylic acids is 3. The standard InChI is InChI=1S/C6H7O7.Al.Zn.2H/c7-3(8)1-6(13,5(11)12)2-4(9)10;;;;/h1-2H2,(H,7,8)(H,9,10)(H,11,12);;;;/q-1;+1;;;. The first-order valence-electron chi connectivity index (χ1n) is 3.56. The largest absolute Gasteiger partial charge is 0.493 e. The third kappa shape index (κ3) is 5.24. The van der Waals surface area contributed by atoms with Crippen LogP contribution in [0.1, 0.15) is 12.8 Å². The van der Waals surface area contributed by atoms with Gasteiger partial charge in [0.1, 0.15) is 0 Å². The molecule has 0 bridgehead atoms. The third-order valence-electron chi connectivity index (χ3n) is 1.65. The normalized spacial score (nSPS) is 10.1. The Balaban J connectivity index is 0. The molecule has 0 amide bonds. The summed E-state index contributed by atoms with van der Waals surface area (Å²) in [7, 11) is 0. The average Bonchev–Trinajstić information content (AvgIpc) is 2.00. The first-order chi connectivity index (χ1) is 6.34. The van der Waals surface area contributed by atoms with E-state index in [1.54, 1.807) is 0 Å². The monoisotopic (exact) mass is 284 g/mol. The summed E-state index contributed by atoms with van der Waals surface area (Å²) in [5.74, 6) is -4.40. The average molecular weight is 286 g/mol. The minimum absolute atomic E-state index is 0. The van der Waals surface area contributed by atoms with Gasteiger partial charge in [-0.25, -0.2) is 4.79 Å². The quantitative estimate of drug-likeness (QED) is 0.498. The molecule has 0 saturated carbocycles. The van der Waals surface area contributed by atoms with Gasteiger partial charge in [0.2, 0.25) is 0 Å². The zero-order valence-electron chi connectivity index (χ0n) is 8.10. The van der Waals surface area contributed by atoms with Crippen LogP contribution in [0, 0.1) is 0 Å². The molecule has 0 aliphatic heterocycles. The Hall–Kier alpha value is -0.474. The van der Waals surface area contributed by atoms with Gasteiger partial charge in [0, 0.05) is 19.5 Å². The Morgan fingerprint density at radius 3 is 1.53 bits per heavy atom. The Kier molecular flexibility index (Phi) is 7.80. The Morgan fingerprint density at radius 2 is 1.40 bits per heavy atom. The minimum atomic E-state index is -2.14. The number of hydrogen-bond acceptors (Lipinski definition) is 4. The van der Waals surface area contributed by atoms with Crippen LogP contribution in [-0.2, 0) is 37.7 Å². The maximum absolute atomic E-state index is 10.7. The molecule has 0 saturated heterocycles. The molecule has 0 atom stereocenters. The summed E-state index contributed by atoms with van der Waals surface area (Å²) in [5.41, 5.74) is -2.14. The molecule has 0 aromatic carbocycles. The van der Waals surface area contributed by atoms with Crippen molar-refractivity contribution in [1.29, 1.82) is 0 Å². The van der Waals surface area contributed by atoms with Gasteiger partial charge in [-0.1, -0.05) is 0 Å². The van der Waals surface area contributed by atoms with E-state index in [-0.39, 0.29) is 36.1 Å². The van der Waals surface area contributed by atoms with Crippen molar-refractivity contribution in [3.8, 4) is 0 Å². The summed E-state index contributed by atoms with van der Waals surface area (Å²) in [6, 6.07) is 0. The molecule has 80 valence electrons. The van der Waals surface area contributed by atoms with Crippen LogP contribution < -0.4 is 0 Å². The maximum Gasteiger partial charge on any atom is 0.411 e. The Labute approximate surface area is 106 Å². The second kappa shape index (κ2) is 6.91. The second-order valence-corrected chi connectivity index (χ2v) is 3.05. The van der Waals surface area contributed by atoms with Crippen molar-refractivity contribution in [2.75, 3.05) is 0 Å². The molecule has 0 unspecified atom stereocenters. The Bertz CT molecular complexity index is 250. The SMILES string of the molecule is O=C(O)CC(CC(=O)O)([O][AlH2])C(=O)O.[Zn]. The molecule has 0 spiro atoms. The molecule has 0 aliphatic carbocycles. The van der Waals surface area contributed by atoms with Crippen LogP contribution in [-0.4, -0.2) is 55.5 Å². The van der Waals surface area contributed by atoms with Gasteiger partial charge in [0.15, 0.2) is 5.60 Å². The summed E-state index contributed by atoms with van der Waals surface area (Å²) >= 11 is -0.0526. The van der Waals surface area contributed by atoms with Crippen molar-refractivity contribution < 1.29 is 53.0 Å². The number of hydrogen-bond donors (Lipinski definition) is 3. The van der Waals surface area contributed by atoms with Crippen LogP contribution in [0.4, 0.5) is 0 Å². The summed E-state index contributed by atoms with van der Waals surface area (Å²) in [5, 5.41) is 25.5. The van der Waals surface area contributed by atoms with Gasteiger partial charge in [0.05, 0.1) is 12.8 Å². The van der Waals surface area contributed by atoms with Crippen molar-refractivity contribution in [2.45, 2.75) is 18.4 Å². The maximum atomic E-state index is 10.7. The van der Waals surface area contributed by atoms with Gasteiger partial charge in [-0.05, 0) is 0 Å². The van der Waals surface area contributed by atoms with Crippen LogP contribution in [0.25, 0.3) is 0 Å². The first-order valence-corrected chi connectivity index (χ1v) is 4.38. The van der Waals surface area contributed by atoms with Crippen molar-refractivity contribution in [2.24, 2.45) is 0 Å². The molecule has 7 nitrogen and oxygen atoms in total. The van der Waals surface area contributed by atoms with E-state index in [4.69, 9.17) is 15.3 Å². The van der Waals surface area contributed by atoms with Gasteiger partial charge in [0.25, 0.3) is 0 Å². The van der Waals surface area contributed by atoms with Gasteiger partial charge in [-0.3, -0.25) is 9.59 Å². The molecule has 0 radical (unpaired) electrons. The topological polar surface area (TPSA) is 121 Å². The molecule has 9 heteroatoms. The molecule has 0 heterocycles. The van der Waals surface area contributed by atoms with E-state index < -0.39 is 36.4 Å². The smallest absolute Gasteiger partial charge is 0.411 e. The van der Waals surface area contributed by atoms with Crippen molar-refractivity contribution in [1.82, 2.24) is 0 Å². The fourth-order valence-electron chi connectivity index (χ4n) is 0.934. The van der Waals surface area contributed by atoms with E-state index in [2.05, 4.69) is 3.79 Å². The predicted octanol–water partition coefficient (Wildman–Crippen LogP) is -1.68. The van der Waals surface area contributed by atoms with Gasteiger partial charge < -0.3 is 19.1 Å². The van der Waals surface area contributed by atoms with Crippen LogP contribution in [0.3, 0.4) is 0 Å². The van der Waals surface area contributed by atoms with Crippen LogP contribution >= 0.6 is 0 Å². The first kappa shape index (κ1) is 16.9. The van der Waals surface area contributed by atoms with Crippen molar-refractivity contribution in [3.63, 3.8) is 0 Å². The van der Waals surface area contributed by atoms with E-state index in [0.29, 0.717) is 0 Å². The van der Waals surface area contributed by atoms with Crippen molar-refractivity contribution in [3.05, 3.63) is 0 Å². The summed E-state index contributed by atoms with van der Waals surface area (Å²) < 4.78 is 4.60. The molecule has 0 aliphatic rings. The second-order valence-electron chi connectivity index (χ2n) is 2.64. The number of carboxylic acid groups (broad SMARTS) is 3. The van der Waals surface area contributed by atoms with E-state index >= 15 is 0 Å². The molecule has 3 N–H and O–H groups in total. The molecule has 0 fully saturated rings. The predicted molar refractivity (Wildman–Crippen MR) is 44.5 cm³/mol. The summed E-state index contributed by atoms with van der Waals surface area (Å²) in [4.78, 5) is 31.4. The van der Waals surface area contributed by atoms with Crippen LogP contribution in [0.5, 0.6) is 0 Å². The Morgan fingerprint density at radius 1 is 1.07 bits per heavy atom. The van der Waals surface area contributed by atoms with E-state index in [9.17, 15) is 14.4 Å².